The van der Waals surface area contributed by atoms with Crippen LogP contribution < -0.4 is 15.0 Å². The minimum Gasteiger partial charge on any atom is -0.497 e. The molecule has 8 nitrogen and oxygen atoms in total. The van der Waals surface area contributed by atoms with Crippen LogP contribution in [-0.4, -0.2) is 38.8 Å². The summed E-state index contributed by atoms with van der Waals surface area (Å²) < 4.78 is 11.9. The van der Waals surface area contributed by atoms with Crippen LogP contribution in [0.5, 0.6) is 11.5 Å². The van der Waals surface area contributed by atoms with Gasteiger partial charge in [0, 0.05) is 24.0 Å². The summed E-state index contributed by atoms with van der Waals surface area (Å²) in [6.45, 7) is 0. The van der Waals surface area contributed by atoms with E-state index in [0.717, 1.165) is 5.56 Å². The van der Waals surface area contributed by atoms with E-state index in [1.54, 1.807) is 63.0 Å². The summed E-state index contributed by atoms with van der Waals surface area (Å²) in [5.41, 5.74) is 1.64. The number of methoxy groups -OCH3 is 2. The van der Waals surface area contributed by atoms with Gasteiger partial charge in [0.05, 0.1) is 25.6 Å². The van der Waals surface area contributed by atoms with Gasteiger partial charge in [0.1, 0.15) is 17.1 Å². The van der Waals surface area contributed by atoms with Crippen LogP contribution in [0.2, 0.25) is 0 Å². The molecular formula is C19H16N4O4. The molecule has 0 saturated heterocycles. The zero-order valence-electron chi connectivity index (χ0n) is 14.7. The highest BCUT2D eigenvalue weighted by atomic mass is 16.5. The Morgan fingerprint density at radius 1 is 1.04 bits per heavy atom. The van der Waals surface area contributed by atoms with Gasteiger partial charge in [-0.3, -0.25) is 9.78 Å². The molecule has 0 aliphatic heterocycles. The van der Waals surface area contributed by atoms with Crippen molar-refractivity contribution < 1.29 is 14.7 Å². The molecule has 0 radical (unpaired) electrons. The van der Waals surface area contributed by atoms with Crippen molar-refractivity contribution in [3.05, 3.63) is 65.2 Å². The van der Waals surface area contributed by atoms with Gasteiger partial charge in [0.15, 0.2) is 5.65 Å². The molecule has 4 aromatic rings. The molecule has 8 heteroatoms. The van der Waals surface area contributed by atoms with Gasteiger partial charge in [0.2, 0.25) is 0 Å². The maximum Gasteiger partial charge on any atom is 0.314 e. The number of aromatic nitrogens is 4. The molecule has 136 valence electrons. The SMILES string of the molecule is COc1ccc(-c2ccn3c(n2)c(-c2ccccn2)c(=O)n3O)c(OC)c1. The van der Waals surface area contributed by atoms with Crippen molar-refractivity contribution in [3.8, 4) is 34.0 Å². The maximum absolute atomic E-state index is 12.5. The summed E-state index contributed by atoms with van der Waals surface area (Å²) in [5.74, 6) is 1.24. The summed E-state index contributed by atoms with van der Waals surface area (Å²) in [7, 11) is 3.14. The molecule has 1 aromatic carbocycles. The number of rotatable bonds is 4. The first-order valence-corrected chi connectivity index (χ1v) is 8.11. The van der Waals surface area contributed by atoms with Crippen LogP contribution in [0.4, 0.5) is 0 Å². The number of benzene rings is 1. The second-order valence-corrected chi connectivity index (χ2v) is 5.73. The van der Waals surface area contributed by atoms with E-state index in [4.69, 9.17) is 9.47 Å². The Balaban J connectivity index is 1.97. The van der Waals surface area contributed by atoms with E-state index in [2.05, 4.69) is 9.97 Å². The van der Waals surface area contributed by atoms with E-state index < -0.39 is 5.56 Å². The van der Waals surface area contributed by atoms with Crippen molar-refractivity contribution in [2.45, 2.75) is 0 Å². The van der Waals surface area contributed by atoms with Crippen molar-refractivity contribution in [2.24, 2.45) is 0 Å². The average molecular weight is 364 g/mol. The smallest absolute Gasteiger partial charge is 0.314 e. The van der Waals surface area contributed by atoms with Crippen LogP contribution in [0.25, 0.3) is 28.2 Å². The fourth-order valence-corrected chi connectivity index (χ4v) is 2.93. The zero-order chi connectivity index (χ0) is 19.0. The third-order valence-electron chi connectivity index (χ3n) is 4.25. The van der Waals surface area contributed by atoms with E-state index in [1.807, 2.05) is 6.07 Å². The highest BCUT2D eigenvalue weighted by molar-refractivity contribution is 5.77. The van der Waals surface area contributed by atoms with Gasteiger partial charge in [-0.2, -0.15) is 0 Å². The minimum atomic E-state index is -0.597. The van der Waals surface area contributed by atoms with E-state index in [9.17, 15) is 10.0 Å². The Labute approximate surface area is 153 Å². The van der Waals surface area contributed by atoms with Gasteiger partial charge in [-0.1, -0.05) is 10.9 Å². The lowest BCUT2D eigenvalue weighted by molar-refractivity contribution is 0.128. The Bertz CT molecular complexity index is 1180. The molecular weight excluding hydrogens is 348 g/mol. The van der Waals surface area contributed by atoms with E-state index >= 15 is 0 Å². The molecule has 0 spiro atoms. The number of hydrogen-bond donors (Lipinski definition) is 1. The van der Waals surface area contributed by atoms with Crippen molar-refractivity contribution in [3.63, 3.8) is 0 Å². The Morgan fingerprint density at radius 3 is 2.59 bits per heavy atom. The molecule has 1 N–H and O–H groups in total. The molecule has 27 heavy (non-hydrogen) atoms. The highest BCUT2D eigenvalue weighted by Gasteiger charge is 2.19. The normalized spacial score (nSPS) is 10.9. The van der Waals surface area contributed by atoms with Crippen LogP contribution in [0.1, 0.15) is 0 Å². The van der Waals surface area contributed by atoms with E-state index in [1.165, 1.54) is 4.52 Å². The molecule has 0 bridgehead atoms. The van der Waals surface area contributed by atoms with Crippen LogP contribution in [0.15, 0.2) is 59.7 Å². The zero-order valence-corrected chi connectivity index (χ0v) is 14.7. The number of nitrogens with zero attached hydrogens (tertiary/aromatic N) is 4. The summed E-state index contributed by atoms with van der Waals surface area (Å²) in [6.07, 6.45) is 3.14. The monoisotopic (exact) mass is 364 g/mol. The second kappa shape index (κ2) is 6.49. The summed E-state index contributed by atoms with van der Waals surface area (Å²) >= 11 is 0. The van der Waals surface area contributed by atoms with Crippen LogP contribution >= 0.6 is 0 Å². The Hall–Kier alpha value is -3.81. The predicted octanol–water partition coefficient (Wildman–Crippen LogP) is 2.48. The first-order valence-electron chi connectivity index (χ1n) is 8.11. The van der Waals surface area contributed by atoms with Crippen LogP contribution in [0.3, 0.4) is 0 Å². The molecule has 4 rings (SSSR count). The third kappa shape index (κ3) is 2.67. The lowest BCUT2D eigenvalue weighted by Crippen LogP contribution is -2.17. The molecule has 3 aromatic heterocycles. The van der Waals surface area contributed by atoms with E-state index in [0.29, 0.717) is 27.7 Å². The van der Waals surface area contributed by atoms with E-state index in [-0.39, 0.29) is 11.2 Å². The van der Waals surface area contributed by atoms with Crippen molar-refractivity contribution in [1.29, 1.82) is 0 Å². The van der Waals surface area contributed by atoms with Gasteiger partial charge in [-0.15, -0.1) is 0 Å². The van der Waals surface area contributed by atoms with Gasteiger partial charge < -0.3 is 14.7 Å². The summed E-state index contributed by atoms with van der Waals surface area (Å²) in [4.78, 5) is 21.8. The summed E-state index contributed by atoms with van der Waals surface area (Å²) in [5, 5.41) is 10.1. The van der Waals surface area contributed by atoms with Crippen LogP contribution in [0, 0.1) is 0 Å². The van der Waals surface area contributed by atoms with Gasteiger partial charge in [0.25, 0.3) is 0 Å². The molecule has 0 aliphatic carbocycles. The number of hydrogen-bond acceptors (Lipinski definition) is 6. The van der Waals surface area contributed by atoms with Gasteiger partial charge in [-0.25, -0.2) is 9.50 Å². The number of pyridine rings is 1. The van der Waals surface area contributed by atoms with Crippen LogP contribution in [-0.2, 0) is 0 Å². The third-order valence-corrected chi connectivity index (χ3v) is 4.25. The highest BCUT2D eigenvalue weighted by Crippen LogP contribution is 2.33. The lowest BCUT2D eigenvalue weighted by atomic mass is 10.1. The molecule has 0 amide bonds. The second-order valence-electron chi connectivity index (χ2n) is 5.73. The quantitative estimate of drug-likeness (QED) is 0.560. The van der Waals surface area contributed by atoms with Gasteiger partial charge >= 0.3 is 5.56 Å². The first-order chi connectivity index (χ1) is 13.1. The fraction of sp³-hybridized carbons (Fsp3) is 0.105. The molecule has 0 aliphatic rings. The Kier molecular flexibility index (Phi) is 4.00. The lowest BCUT2D eigenvalue weighted by Gasteiger charge is -2.10. The standard InChI is InChI=1S/C19H16N4O4/c1-26-12-6-7-13(16(11-12)27-2)14-8-10-22-18(21-14)17(19(24)23(22)25)15-5-3-4-9-20-15/h3-11,25H,1-2H3. The minimum absolute atomic E-state index is 0.215. The molecule has 0 saturated carbocycles. The molecule has 0 unspecified atom stereocenters. The molecule has 3 heterocycles. The average Bonchev–Trinajstić information content (AvgIpc) is 2.98. The topological polar surface area (TPSA) is 90.9 Å². The number of ether oxygens (including phenoxy) is 2. The van der Waals surface area contributed by atoms with Gasteiger partial charge in [-0.05, 0) is 30.3 Å². The Morgan fingerprint density at radius 2 is 1.89 bits per heavy atom. The fourth-order valence-electron chi connectivity index (χ4n) is 2.93. The molecule has 0 atom stereocenters. The van der Waals surface area contributed by atoms with Crippen molar-refractivity contribution in [1.82, 2.24) is 19.3 Å². The summed E-state index contributed by atoms with van der Waals surface area (Å²) in [6, 6.07) is 12.3. The first kappa shape index (κ1) is 16.6. The number of fused-ring (bicyclic) bond motifs is 1. The van der Waals surface area contributed by atoms with Crippen molar-refractivity contribution in [2.75, 3.05) is 14.2 Å². The maximum atomic E-state index is 12.5. The van der Waals surface area contributed by atoms with Crippen molar-refractivity contribution >= 4 is 5.65 Å². The largest absolute Gasteiger partial charge is 0.497 e. The molecule has 0 fully saturated rings. The predicted molar refractivity (Wildman–Crippen MR) is 98.4 cm³/mol.